The molecule has 164 valence electrons. The molecule has 0 unspecified atom stereocenters. The van der Waals surface area contributed by atoms with E-state index >= 15 is 0 Å². The normalized spacial score (nSPS) is 10.6. The Morgan fingerprint density at radius 2 is 1.09 bits per heavy atom. The van der Waals surface area contributed by atoms with Crippen molar-refractivity contribution in [2.75, 3.05) is 0 Å². The van der Waals surface area contributed by atoms with E-state index in [-0.39, 0.29) is 0 Å². The Balaban J connectivity index is 1.84. The predicted octanol–water partition coefficient (Wildman–Crippen LogP) is 6.94. The molecule has 0 bridgehead atoms. The highest BCUT2D eigenvalue weighted by atomic mass is 16.5. The number of hydrogen-bond acceptors (Lipinski definition) is 2. The van der Waals surface area contributed by atoms with Gasteiger partial charge in [-0.3, -0.25) is 0 Å². The highest BCUT2D eigenvalue weighted by Crippen LogP contribution is 2.32. The molecular weight excluding hydrogens is 404 g/mol. The molecule has 0 heterocycles. The third kappa shape index (κ3) is 5.87. The molecule has 0 fully saturated rings. The topological polar surface area (TPSA) is 26.3 Å². The van der Waals surface area contributed by atoms with Gasteiger partial charge >= 0.3 is 5.97 Å². The molecule has 4 aromatic rings. The molecule has 4 rings (SSSR count). The third-order valence-electron chi connectivity index (χ3n) is 5.72. The van der Waals surface area contributed by atoms with Crippen molar-refractivity contribution >= 4 is 5.97 Å². The minimum Gasteiger partial charge on any atom is -0.423 e. The van der Waals surface area contributed by atoms with E-state index in [1.165, 1.54) is 27.8 Å². The van der Waals surface area contributed by atoms with Crippen molar-refractivity contribution in [3.63, 3.8) is 0 Å². The molecule has 0 amide bonds. The third-order valence-corrected chi connectivity index (χ3v) is 5.72. The summed E-state index contributed by atoms with van der Waals surface area (Å²) in [6.45, 7) is 5.43. The summed E-state index contributed by atoms with van der Waals surface area (Å²) in [5.41, 5.74) is 7.55. The Morgan fingerprint density at radius 3 is 1.58 bits per heavy atom. The zero-order valence-electron chi connectivity index (χ0n) is 19.0. The number of hydrogen-bond donors (Lipinski definition) is 0. The van der Waals surface area contributed by atoms with E-state index in [0.717, 1.165) is 18.4 Å². The molecular formula is C31H28O2. The van der Waals surface area contributed by atoms with Crippen LogP contribution in [0.25, 0.3) is 0 Å². The maximum absolute atomic E-state index is 12.4. The van der Waals surface area contributed by atoms with Crippen LogP contribution in [0.2, 0.25) is 0 Å². The first-order valence-corrected chi connectivity index (χ1v) is 11.2. The number of carbonyl (C=O) groups is 1. The molecule has 2 heteroatoms. The molecule has 4 aromatic carbocycles. The molecule has 0 radical (unpaired) electrons. The second-order valence-corrected chi connectivity index (χ2v) is 8.34. The Hall–Kier alpha value is -3.91. The van der Waals surface area contributed by atoms with Gasteiger partial charge in [-0.2, -0.15) is 0 Å². The number of carbonyl (C=O) groups excluding carboxylic acids is 1. The van der Waals surface area contributed by atoms with E-state index in [0.29, 0.717) is 17.7 Å². The van der Waals surface area contributed by atoms with Crippen LogP contribution in [-0.2, 0) is 24.1 Å². The Bertz CT molecular complexity index is 1230. The lowest BCUT2D eigenvalue weighted by atomic mass is 9.88. The summed E-state index contributed by atoms with van der Waals surface area (Å²) in [6, 6.07) is 35.3. The van der Waals surface area contributed by atoms with Gasteiger partial charge in [0.05, 0.1) is 0 Å². The molecule has 0 aromatic heterocycles. The maximum Gasteiger partial charge on any atom is 0.338 e. The van der Waals surface area contributed by atoms with Crippen LogP contribution in [0.1, 0.15) is 40.3 Å². The fourth-order valence-electron chi connectivity index (χ4n) is 4.00. The molecule has 0 aliphatic rings. The van der Waals surface area contributed by atoms with Gasteiger partial charge in [-0.1, -0.05) is 104 Å². The molecule has 0 N–H and O–H groups in total. The number of benzene rings is 4. The zero-order valence-corrected chi connectivity index (χ0v) is 19.0. The van der Waals surface area contributed by atoms with Crippen LogP contribution >= 0.6 is 0 Å². The van der Waals surface area contributed by atoms with Gasteiger partial charge < -0.3 is 4.74 Å². The van der Waals surface area contributed by atoms with Gasteiger partial charge in [0.2, 0.25) is 0 Å². The predicted molar refractivity (Wildman–Crippen MR) is 135 cm³/mol. The summed E-state index contributed by atoms with van der Waals surface area (Å²) in [5, 5.41) is 0. The molecule has 0 aliphatic carbocycles. The van der Waals surface area contributed by atoms with Crippen LogP contribution in [0.5, 0.6) is 5.75 Å². The van der Waals surface area contributed by atoms with Crippen LogP contribution in [-0.4, -0.2) is 5.97 Å². The number of esters is 1. The number of rotatable bonds is 8. The summed E-state index contributed by atoms with van der Waals surface area (Å²) in [7, 11) is 0. The molecule has 33 heavy (non-hydrogen) atoms. The van der Waals surface area contributed by atoms with E-state index in [1.54, 1.807) is 6.92 Å². The lowest BCUT2D eigenvalue weighted by Crippen LogP contribution is -2.12. The Labute approximate surface area is 196 Å². The van der Waals surface area contributed by atoms with Gasteiger partial charge in [-0.05, 0) is 53.6 Å². The van der Waals surface area contributed by atoms with Crippen molar-refractivity contribution in [2.45, 2.75) is 26.2 Å². The average Bonchev–Trinajstić information content (AvgIpc) is 2.84. The van der Waals surface area contributed by atoms with Crippen LogP contribution < -0.4 is 4.74 Å². The number of ether oxygens (including phenoxy) is 1. The second kappa shape index (κ2) is 10.6. The van der Waals surface area contributed by atoms with E-state index in [2.05, 4.69) is 73.3 Å². The van der Waals surface area contributed by atoms with Gasteiger partial charge in [-0.15, -0.1) is 0 Å². The second-order valence-electron chi connectivity index (χ2n) is 8.34. The van der Waals surface area contributed by atoms with Crippen molar-refractivity contribution < 1.29 is 9.53 Å². The molecule has 0 aliphatic heterocycles. The SMILES string of the molecule is C=C(C)C(=O)Oc1ccc(Cc2ccccc2)c(Cc2ccccc2)c1Cc1ccccc1. The van der Waals surface area contributed by atoms with Gasteiger partial charge in [0, 0.05) is 17.6 Å². The molecule has 0 atom stereocenters. The minimum absolute atomic E-state index is 0.388. The Kier molecular flexibility index (Phi) is 7.16. The fraction of sp³-hybridized carbons (Fsp3) is 0.129. The van der Waals surface area contributed by atoms with Crippen molar-refractivity contribution in [3.8, 4) is 5.75 Å². The van der Waals surface area contributed by atoms with Crippen LogP contribution in [0, 0.1) is 0 Å². The van der Waals surface area contributed by atoms with Crippen LogP contribution in [0.3, 0.4) is 0 Å². The summed E-state index contributed by atoms with van der Waals surface area (Å²) in [5.74, 6) is 0.209. The zero-order chi connectivity index (χ0) is 23.0. The van der Waals surface area contributed by atoms with Gasteiger partial charge in [0.15, 0.2) is 0 Å². The van der Waals surface area contributed by atoms with Crippen molar-refractivity contribution in [2.24, 2.45) is 0 Å². The van der Waals surface area contributed by atoms with E-state index in [1.807, 2.05) is 36.4 Å². The van der Waals surface area contributed by atoms with E-state index in [9.17, 15) is 4.79 Å². The molecule has 2 nitrogen and oxygen atoms in total. The van der Waals surface area contributed by atoms with Crippen molar-refractivity contribution in [3.05, 3.63) is 149 Å². The highest BCUT2D eigenvalue weighted by Gasteiger charge is 2.18. The smallest absolute Gasteiger partial charge is 0.338 e. The summed E-state index contributed by atoms with van der Waals surface area (Å²) >= 11 is 0. The minimum atomic E-state index is -0.397. The average molecular weight is 433 g/mol. The fourth-order valence-corrected chi connectivity index (χ4v) is 4.00. The standard InChI is InChI=1S/C31H28O2/c1-23(2)31(32)33-30-19-18-27(20-24-12-6-3-7-13-24)28(21-25-14-8-4-9-15-25)29(30)22-26-16-10-5-11-17-26/h3-19H,1,20-22H2,2H3. The first-order chi connectivity index (χ1) is 16.1. The molecule has 0 saturated heterocycles. The van der Waals surface area contributed by atoms with Gasteiger partial charge in [0.25, 0.3) is 0 Å². The quantitative estimate of drug-likeness (QED) is 0.171. The molecule has 0 saturated carbocycles. The van der Waals surface area contributed by atoms with Crippen molar-refractivity contribution in [1.82, 2.24) is 0 Å². The van der Waals surface area contributed by atoms with Crippen LogP contribution in [0.4, 0.5) is 0 Å². The first-order valence-electron chi connectivity index (χ1n) is 11.2. The molecule has 0 spiro atoms. The summed E-state index contributed by atoms with van der Waals surface area (Å²) in [6.07, 6.45) is 2.27. The first kappa shape index (κ1) is 22.3. The van der Waals surface area contributed by atoms with E-state index < -0.39 is 5.97 Å². The summed E-state index contributed by atoms with van der Waals surface area (Å²) in [4.78, 5) is 12.4. The Morgan fingerprint density at radius 1 is 0.636 bits per heavy atom. The largest absolute Gasteiger partial charge is 0.423 e. The monoisotopic (exact) mass is 432 g/mol. The summed E-state index contributed by atoms with van der Waals surface area (Å²) < 4.78 is 5.82. The maximum atomic E-state index is 12.4. The lowest BCUT2D eigenvalue weighted by molar-refractivity contribution is -0.130. The van der Waals surface area contributed by atoms with Gasteiger partial charge in [0.1, 0.15) is 5.75 Å². The van der Waals surface area contributed by atoms with E-state index in [4.69, 9.17) is 4.74 Å². The lowest BCUT2D eigenvalue weighted by Gasteiger charge is -2.20. The van der Waals surface area contributed by atoms with Gasteiger partial charge in [-0.25, -0.2) is 4.79 Å². The van der Waals surface area contributed by atoms with Crippen LogP contribution in [0.15, 0.2) is 115 Å². The highest BCUT2D eigenvalue weighted by molar-refractivity contribution is 5.89. The van der Waals surface area contributed by atoms with Crippen molar-refractivity contribution in [1.29, 1.82) is 0 Å².